The van der Waals surface area contributed by atoms with Crippen molar-refractivity contribution in [2.75, 3.05) is 43.4 Å². The molecule has 0 unspecified atom stereocenters. The maximum absolute atomic E-state index is 5.51. The molecular weight excluding hydrogens is 352 g/mol. The number of nitrogens with zero attached hydrogens (tertiary/aromatic N) is 5. The first-order valence-electron chi connectivity index (χ1n) is 9.45. The van der Waals surface area contributed by atoms with E-state index < -0.39 is 0 Å². The summed E-state index contributed by atoms with van der Waals surface area (Å²) in [5.41, 5.74) is 4.03. The zero-order valence-corrected chi connectivity index (χ0v) is 15.7. The van der Waals surface area contributed by atoms with E-state index in [1.54, 1.807) is 12.5 Å². The molecule has 0 aliphatic carbocycles. The average molecular weight is 374 g/mol. The highest BCUT2D eigenvalue weighted by molar-refractivity contribution is 5.64. The number of hydrogen-bond acceptors (Lipinski definition) is 6. The highest BCUT2D eigenvalue weighted by Crippen LogP contribution is 2.24. The van der Waals surface area contributed by atoms with Crippen LogP contribution < -0.4 is 10.2 Å². The fourth-order valence-electron chi connectivity index (χ4n) is 3.52. The normalized spacial score (nSPS) is 15.2. The van der Waals surface area contributed by atoms with Gasteiger partial charge in [0.25, 0.3) is 0 Å². The average Bonchev–Trinajstić information content (AvgIpc) is 3.38. The number of nitrogens with one attached hydrogen (secondary N) is 1. The van der Waals surface area contributed by atoms with Crippen LogP contribution in [-0.2, 0) is 0 Å². The molecule has 5 rings (SSSR count). The number of piperazine rings is 1. The largest absolute Gasteiger partial charge is 0.463 e. The summed E-state index contributed by atoms with van der Waals surface area (Å²) in [6.45, 7) is 4.32. The number of hydrogen-bond donors (Lipinski definition) is 1. The molecule has 0 bridgehead atoms. The predicted molar refractivity (Wildman–Crippen MR) is 110 cm³/mol. The van der Waals surface area contributed by atoms with Crippen molar-refractivity contribution in [1.29, 1.82) is 0 Å². The van der Waals surface area contributed by atoms with Gasteiger partial charge in [-0.2, -0.15) is 0 Å². The maximum Gasteiger partial charge on any atom is 0.245 e. The van der Waals surface area contributed by atoms with Crippen LogP contribution in [0.5, 0.6) is 0 Å². The van der Waals surface area contributed by atoms with Crippen LogP contribution in [0.4, 0.5) is 17.3 Å². The summed E-state index contributed by atoms with van der Waals surface area (Å²) in [5.74, 6) is 1.32. The minimum absolute atomic E-state index is 0.545. The third kappa shape index (κ3) is 3.20. The van der Waals surface area contributed by atoms with Gasteiger partial charge in [-0.15, -0.1) is 5.10 Å². The van der Waals surface area contributed by atoms with E-state index in [1.165, 1.54) is 5.69 Å². The first-order chi connectivity index (χ1) is 13.8. The Labute approximate surface area is 163 Å². The van der Waals surface area contributed by atoms with Gasteiger partial charge in [-0.25, -0.2) is 9.50 Å². The SMILES string of the molecule is CN1CCN(c2ccc(Nc3ncc4ccc(-c5ccco5)n4n3)cc2)CC1. The van der Waals surface area contributed by atoms with Crippen LogP contribution >= 0.6 is 0 Å². The molecule has 0 saturated carbocycles. The smallest absolute Gasteiger partial charge is 0.245 e. The molecule has 0 radical (unpaired) electrons. The molecule has 1 fully saturated rings. The first kappa shape index (κ1) is 16.8. The molecule has 0 atom stereocenters. The zero-order valence-electron chi connectivity index (χ0n) is 15.7. The number of rotatable bonds is 4. The Hall–Kier alpha value is -3.32. The summed E-state index contributed by atoms with van der Waals surface area (Å²) in [5, 5.41) is 7.92. The lowest BCUT2D eigenvalue weighted by Crippen LogP contribution is -2.44. The van der Waals surface area contributed by atoms with Crippen molar-refractivity contribution in [2.24, 2.45) is 0 Å². The molecule has 7 nitrogen and oxygen atoms in total. The molecule has 1 saturated heterocycles. The standard InChI is InChI=1S/C21H22N6O/c1-25-10-12-26(13-11-25)17-6-4-16(5-7-17)23-21-22-15-18-8-9-19(27(18)24-21)20-3-2-14-28-20/h2-9,14-15H,10-13H2,1H3,(H,23,24). The van der Waals surface area contributed by atoms with Crippen LogP contribution in [0, 0.1) is 0 Å². The molecule has 3 aromatic heterocycles. The third-order valence-corrected chi connectivity index (χ3v) is 5.16. The molecule has 0 amide bonds. The number of furan rings is 1. The van der Waals surface area contributed by atoms with Crippen molar-refractivity contribution in [3.63, 3.8) is 0 Å². The highest BCUT2D eigenvalue weighted by atomic mass is 16.3. The van der Waals surface area contributed by atoms with E-state index in [-0.39, 0.29) is 0 Å². The monoisotopic (exact) mass is 374 g/mol. The number of benzene rings is 1. The topological polar surface area (TPSA) is 61.8 Å². The van der Waals surface area contributed by atoms with Gasteiger partial charge in [-0.1, -0.05) is 0 Å². The Balaban J connectivity index is 1.36. The molecule has 1 aliphatic heterocycles. The Bertz CT molecular complexity index is 1060. The van der Waals surface area contributed by atoms with Gasteiger partial charge in [0.2, 0.25) is 5.95 Å². The molecular formula is C21H22N6O. The van der Waals surface area contributed by atoms with Crippen molar-refractivity contribution in [3.05, 3.63) is 61.0 Å². The minimum atomic E-state index is 0.545. The van der Waals surface area contributed by atoms with Crippen LogP contribution in [0.1, 0.15) is 0 Å². The minimum Gasteiger partial charge on any atom is -0.463 e. The summed E-state index contributed by atoms with van der Waals surface area (Å²) in [6.07, 6.45) is 3.47. The number of likely N-dealkylation sites (N-methyl/N-ethyl adjacent to an activating group) is 1. The third-order valence-electron chi connectivity index (χ3n) is 5.16. The molecule has 1 N–H and O–H groups in total. The van der Waals surface area contributed by atoms with Gasteiger partial charge in [0, 0.05) is 37.6 Å². The molecule has 28 heavy (non-hydrogen) atoms. The second kappa shape index (κ2) is 7.01. The van der Waals surface area contributed by atoms with E-state index in [9.17, 15) is 0 Å². The van der Waals surface area contributed by atoms with Crippen molar-refractivity contribution >= 4 is 22.8 Å². The van der Waals surface area contributed by atoms with Gasteiger partial charge in [0.15, 0.2) is 5.76 Å². The Morgan fingerprint density at radius 1 is 0.964 bits per heavy atom. The molecule has 4 aromatic rings. The quantitative estimate of drug-likeness (QED) is 0.590. The lowest BCUT2D eigenvalue weighted by Gasteiger charge is -2.34. The summed E-state index contributed by atoms with van der Waals surface area (Å²) in [4.78, 5) is 9.21. The lowest BCUT2D eigenvalue weighted by molar-refractivity contribution is 0.313. The van der Waals surface area contributed by atoms with Crippen molar-refractivity contribution in [2.45, 2.75) is 0 Å². The Morgan fingerprint density at radius 3 is 2.54 bits per heavy atom. The molecule has 0 spiro atoms. The zero-order chi connectivity index (χ0) is 18.9. The van der Waals surface area contributed by atoms with Crippen molar-refractivity contribution in [3.8, 4) is 11.5 Å². The van der Waals surface area contributed by atoms with E-state index >= 15 is 0 Å². The van der Waals surface area contributed by atoms with Crippen LogP contribution in [0.15, 0.2) is 65.4 Å². The number of aromatic nitrogens is 3. The van der Waals surface area contributed by atoms with E-state index in [4.69, 9.17) is 4.42 Å². The van der Waals surface area contributed by atoms with Crippen LogP contribution in [0.2, 0.25) is 0 Å². The van der Waals surface area contributed by atoms with Gasteiger partial charge in [0.1, 0.15) is 5.69 Å². The van der Waals surface area contributed by atoms with Gasteiger partial charge in [-0.05, 0) is 55.6 Å². The van der Waals surface area contributed by atoms with Gasteiger partial charge < -0.3 is 19.5 Å². The molecule has 4 heterocycles. The second-order valence-corrected chi connectivity index (χ2v) is 7.08. The lowest BCUT2D eigenvalue weighted by atomic mass is 10.2. The summed E-state index contributed by atoms with van der Waals surface area (Å²) in [7, 11) is 2.17. The van der Waals surface area contributed by atoms with E-state index in [0.717, 1.165) is 48.8 Å². The first-order valence-corrected chi connectivity index (χ1v) is 9.45. The van der Waals surface area contributed by atoms with Crippen LogP contribution in [0.25, 0.3) is 17.0 Å². The fraction of sp³-hybridized carbons (Fsp3) is 0.238. The summed E-state index contributed by atoms with van der Waals surface area (Å²) in [6, 6.07) is 16.2. The van der Waals surface area contributed by atoms with E-state index in [1.807, 2.05) is 28.8 Å². The molecule has 7 heteroatoms. The van der Waals surface area contributed by atoms with Crippen LogP contribution in [-0.4, -0.2) is 52.7 Å². The van der Waals surface area contributed by atoms with Gasteiger partial charge in [-0.3, -0.25) is 0 Å². The van der Waals surface area contributed by atoms with Crippen molar-refractivity contribution < 1.29 is 4.42 Å². The number of fused-ring (bicyclic) bond motifs is 1. The molecule has 142 valence electrons. The van der Waals surface area contributed by atoms with Gasteiger partial charge in [0.05, 0.1) is 18.0 Å². The van der Waals surface area contributed by atoms with Crippen molar-refractivity contribution in [1.82, 2.24) is 19.5 Å². The Kier molecular flexibility index (Phi) is 4.21. The second-order valence-electron chi connectivity index (χ2n) is 7.08. The molecule has 1 aromatic carbocycles. The Morgan fingerprint density at radius 2 is 1.79 bits per heavy atom. The van der Waals surface area contributed by atoms with E-state index in [0.29, 0.717) is 5.95 Å². The van der Waals surface area contributed by atoms with Gasteiger partial charge >= 0.3 is 0 Å². The summed E-state index contributed by atoms with van der Waals surface area (Å²) < 4.78 is 7.35. The predicted octanol–water partition coefficient (Wildman–Crippen LogP) is 3.48. The summed E-state index contributed by atoms with van der Waals surface area (Å²) >= 11 is 0. The van der Waals surface area contributed by atoms with E-state index in [2.05, 4.69) is 56.5 Å². The highest BCUT2D eigenvalue weighted by Gasteiger charge is 2.14. The fourth-order valence-corrected chi connectivity index (χ4v) is 3.52. The maximum atomic E-state index is 5.51. The molecule has 1 aliphatic rings. The van der Waals surface area contributed by atoms with Crippen LogP contribution in [0.3, 0.4) is 0 Å². The number of anilines is 3.